The Hall–Kier alpha value is -8.14. The first kappa shape index (κ1) is 73.7. The lowest BCUT2D eigenvalue weighted by atomic mass is 10.2. The first-order valence-electron chi connectivity index (χ1n) is 31.1. The number of aromatic amines is 5. The molecular weight excluding hydrogens is 1510 g/mol. The molecule has 566 valence electrons. The number of phosphoric ester groups is 4. The molecule has 9 aromatic rings. The smallest absolute Gasteiger partial charge is 0.394 e. The molecular formula is C50H62N22O28P4S. The van der Waals surface area contributed by atoms with Gasteiger partial charge >= 0.3 is 37.0 Å². The van der Waals surface area contributed by atoms with Crippen molar-refractivity contribution in [2.24, 2.45) is 0 Å². The third-order valence-corrected chi connectivity index (χ3v) is 21.6. The maximum absolute atomic E-state index is 14.4. The Morgan fingerprint density at radius 3 is 1.21 bits per heavy atom. The van der Waals surface area contributed by atoms with Crippen molar-refractivity contribution < 1.29 is 108 Å². The molecule has 5 saturated heterocycles. The lowest BCUT2D eigenvalue weighted by Crippen LogP contribution is -2.33. The van der Waals surface area contributed by atoms with Crippen molar-refractivity contribution in [2.75, 3.05) is 56.0 Å². The number of aliphatic hydroxyl groups excluding tert-OH is 2. The Morgan fingerprint density at radius 1 is 0.467 bits per heavy atom. The summed E-state index contributed by atoms with van der Waals surface area (Å²) in [7, 11) is -21.6. The fraction of sp³-hybridized carbons (Fsp3) is 0.520. The molecule has 0 amide bonds. The van der Waals surface area contributed by atoms with E-state index in [2.05, 4.69) is 64.8 Å². The lowest BCUT2D eigenvalue weighted by molar-refractivity contribution is -0.0634. The molecule has 19 N–H and O–H groups in total. The van der Waals surface area contributed by atoms with Crippen LogP contribution in [0.1, 0.15) is 68.8 Å². The first-order chi connectivity index (χ1) is 49.7. The van der Waals surface area contributed by atoms with E-state index >= 15 is 0 Å². The number of nitrogen functional groups attached to an aromatic ring is 4. The molecule has 55 heteroatoms. The summed E-state index contributed by atoms with van der Waals surface area (Å²) < 4.78 is 137. The van der Waals surface area contributed by atoms with Gasteiger partial charge in [-0.2, -0.15) is 15.0 Å². The van der Waals surface area contributed by atoms with E-state index in [0.717, 1.165) is 17.2 Å². The van der Waals surface area contributed by atoms with Crippen LogP contribution in [-0.2, 0) is 78.1 Å². The molecule has 0 aromatic carbocycles. The van der Waals surface area contributed by atoms with Crippen LogP contribution in [0.25, 0.3) is 44.7 Å². The molecule has 4 unspecified atom stereocenters. The van der Waals surface area contributed by atoms with Gasteiger partial charge in [-0.25, -0.2) is 48.0 Å². The number of hydrogen-bond acceptors (Lipinski definition) is 37. The number of nitrogens with zero attached hydrogens (tertiary/aromatic N) is 13. The average molecular weight is 1580 g/mol. The molecule has 19 atom stereocenters. The zero-order valence-electron chi connectivity index (χ0n) is 53.6. The van der Waals surface area contributed by atoms with Gasteiger partial charge in [-0.3, -0.25) is 98.1 Å². The number of fused-ring (bicyclic) bond motifs is 4. The number of aryl methyl sites for hydroxylation is 1. The second-order valence-electron chi connectivity index (χ2n) is 24.3. The SMILES string of the molecule is Cc1cn([C@H]2C[C@H](O)[C@@H](COP(=O)(O)O[C@H]3C[C@H](n4cnc5c(=O)[nH]c(N)nc54)O[C@@H]3COP(=O)(O)O[C@H]3C[C@H](n4cnc5c(=S)nc(N)[nH]c54)O[C@@H]3COP(=O)(O)O[C@H]3C[C@H](n4cnc5c(=O)[nH]c(N)nc54)O[C@@H]3COP(=O)(O)O[C@H]3C[C@H](n4cnc5c(=O)[nH]c(N)nc54)O[C@@H]3CO)O2)c(=O)[nH]c1=O. The second-order valence-corrected chi connectivity index (χ2v) is 30.3. The van der Waals surface area contributed by atoms with E-state index in [9.17, 15) is 72.0 Å². The zero-order chi connectivity index (χ0) is 74.5. The second kappa shape index (κ2) is 28.5. The molecule has 9 aromatic heterocycles. The maximum atomic E-state index is 14.4. The molecule has 0 aliphatic carbocycles. The van der Waals surface area contributed by atoms with E-state index in [1.54, 1.807) is 0 Å². The van der Waals surface area contributed by atoms with Crippen molar-refractivity contribution in [3.8, 4) is 0 Å². The highest BCUT2D eigenvalue weighted by molar-refractivity contribution is 7.71. The van der Waals surface area contributed by atoms with Gasteiger partial charge in [-0.1, -0.05) is 12.2 Å². The number of anilines is 4. The van der Waals surface area contributed by atoms with Crippen LogP contribution in [0.3, 0.4) is 0 Å². The molecule has 5 fully saturated rings. The number of hydrogen-bond donors (Lipinski definition) is 15. The average Bonchev–Trinajstić information content (AvgIpc) is 1.66. The number of phosphoric acid groups is 4. The van der Waals surface area contributed by atoms with Crippen molar-refractivity contribution in [1.29, 1.82) is 0 Å². The summed E-state index contributed by atoms with van der Waals surface area (Å²) in [5, 5.41) is 21.1. The summed E-state index contributed by atoms with van der Waals surface area (Å²) in [5.41, 5.74) is 19.3. The number of H-pyrrole nitrogens is 5. The van der Waals surface area contributed by atoms with Crippen molar-refractivity contribution in [3.05, 3.63) is 93.6 Å². The van der Waals surface area contributed by atoms with Crippen molar-refractivity contribution in [1.82, 2.24) is 87.6 Å². The molecule has 50 nitrogen and oxygen atoms in total. The van der Waals surface area contributed by atoms with Crippen LogP contribution in [0.4, 0.5) is 23.8 Å². The summed E-state index contributed by atoms with van der Waals surface area (Å²) in [5.74, 6) is -1.10. The Bertz CT molecular complexity index is 5430. The molecule has 0 bridgehead atoms. The zero-order valence-corrected chi connectivity index (χ0v) is 58.0. The summed E-state index contributed by atoms with van der Waals surface area (Å²) in [6.45, 7) is -3.18. The lowest BCUT2D eigenvalue weighted by Gasteiger charge is -2.25. The third-order valence-electron chi connectivity index (χ3n) is 17.3. The Morgan fingerprint density at radius 2 is 0.800 bits per heavy atom. The van der Waals surface area contributed by atoms with Crippen molar-refractivity contribution in [2.45, 2.75) is 131 Å². The fourth-order valence-electron chi connectivity index (χ4n) is 12.5. The third kappa shape index (κ3) is 15.4. The van der Waals surface area contributed by atoms with Gasteiger partial charge in [0.2, 0.25) is 17.8 Å². The summed E-state index contributed by atoms with van der Waals surface area (Å²) in [4.78, 5) is 153. The minimum absolute atomic E-state index is 0.0204. The van der Waals surface area contributed by atoms with Crippen LogP contribution in [-0.4, -0.2) is 211 Å². The maximum Gasteiger partial charge on any atom is 0.472 e. The quantitative estimate of drug-likeness (QED) is 0.0203. The Balaban J connectivity index is 0.683. The van der Waals surface area contributed by atoms with Crippen LogP contribution in [0.5, 0.6) is 0 Å². The molecule has 5 aliphatic heterocycles. The van der Waals surface area contributed by atoms with Crippen LogP contribution in [0.2, 0.25) is 0 Å². The number of aliphatic hydroxyl groups is 2. The molecule has 14 heterocycles. The number of aromatic nitrogens is 18. The van der Waals surface area contributed by atoms with Crippen LogP contribution >= 0.6 is 43.5 Å². The number of nitrogens with two attached hydrogens (primary N) is 4. The van der Waals surface area contributed by atoms with Gasteiger partial charge in [-0.05, 0) is 6.92 Å². The molecule has 105 heavy (non-hydrogen) atoms. The molecule has 0 saturated carbocycles. The van der Waals surface area contributed by atoms with Gasteiger partial charge in [-0.15, -0.1) is 0 Å². The highest BCUT2D eigenvalue weighted by Gasteiger charge is 2.50. The number of imidazole rings is 4. The van der Waals surface area contributed by atoms with Gasteiger partial charge in [0.05, 0.1) is 64.4 Å². The molecule has 14 rings (SSSR count). The van der Waals surface area contributed by atoms with Crippen LogP contribution < -0.4 is 50.9 Å². The minimum atomic E-state index is -5.52. The highest BCUT2D eigenvalue weighted by atomic mass is 32.1. The first-order valence-corrected chi connectivity index (χ1v) is 37.5. The van der Waals surface area contributed by atoms with Crippen molar-refractivity contribution in [3.63, 3.8) is 0 Å². The van der Waals surface area contributed by atoms with E-state index in [4.69, 9.17) is 95.0 Å². The van der Waals surface area contributed by atoms with E-state index in [1.807, 2.05) is 0 Å². The fourth-order valence-corrected chi connectivity index (χ4v) is 16.6. The van der Waals surface area contributed by atoms with E-state index in [0.29, 0.717) is 0 Å². The normalized spacial score (nSPS) is 28.8. The van der Waals surface area contributed by atoms with Crippen LogP contribution in [0.15, 0.2) is 55.5 Å². The summed E-state index contributed by atoms with van der Waals surface area (Å²) in [6, 6.07) is 0. The Labute approximate surface area is 586 Å². The minimum Gasteiger partial charge on any atom is -0.394 e. The Kier molecular flexibility index (Phi) is 20.0. The molecule has 5 aliphatic rings. The largest absolute Gasteiger partial charge is 0.472 e. The van der Waals surface area contributed by atoms with E-state index in [1.165, 1.54) is 44.0 Å². The van der Waals surface area contributed by atoms with Gasteiger partial charge in [0.15, 0.2) is 44.1 Å². The molecule has 0 spiro atoms. The van der Waals surface area contributed by atoms with Gasteiger partial charge in [0, 0.05) is 43.9 Å². The predicted molar refractivity (Wildman–Crippen MR) is 349 cm³/mol. The van der Waals surface area contributed by atoms with E-state index in [-0.39, 0.29) is 91.5 Å². The highest BCUT2D eigenvalue weighted by Crippen LogP contribution is 2.55. The topological polar surface area (TPSA) is 706 Å². The van der Waals surface area contributed by atoms with Gasteiger partial charge < -0.3 is 81.4 Å². The predicted octanol–water partition coefficient (Wildman–Crippen LogP) is -2.12. The van der Waals surface area contributed by atoms with Crippen LogP contribution in [0, 0.1) is 11.6 Å². The van der Waals surface area contributed by atoms with Gasteiger partial charge in [0.25, 0.3) is 22.2 Å². The number of ether oxygens (including phenoxy) is 5. The standard InChI is InChI=1S/C50H62N22O28P4S/c1-17-7-68(50(79)66-41(17)75)28-2-18(74)24(93-28)9-88-101(80,81)98-20-4-30(70-14-56-34-38(70)60-47(52)64-43(34)77)95-26(20)11-90-104(86,87)100-22-6-32(72-16-58-36-40(72)62-49(54)67-45(36)105)96-27(22)12-91-103(84,85)99-21-5-31(71-15-57-35-39(71)61-48(53)65-44(35)78)94-25(21)10-89-102(82,83)97-19-3-29(92-23(19)8-73)69-13-55-33-37(69)59-46(51)63-42(33)76/h7,13-16,18-32,73-74H,2-6,8-12H2,1H3,(H,80,81)(H,82,83)(H,84,85)(H,86,87)(H,66,75,79)(H3,51,59,63,76)(H3,52,60,64,77)(H3,53,61,65,78)(H3,54,62,67,105)/t18-,19-,20-,21-,22-,23+,24+,25+,26+,27+,28+,29+,30+,31+,32+/m0/s1. The monoisotopic (exact) mass is 1570 g/mol. The summed E-state index contributed by atoms with van der Waals surface area (Å²) >= 11 is 5.36. The number of nitrogens with one attached hydrogen (secondary N) is 5. The number of rotatable bonds is 26. The molecule has 0 radical (unpaired) electrons. The van der Waals surface area contributed by atoms with Gasteiger partial charge in [0.1, 0.15) is 97.2 Å². The van der Waals surface area contributed by atoms with E-state index < -0.39 is 204 Å². The summed E-state index contributed by atoms with van der Waals surface area (Å²) in [6.07, 6.45) is -17.4. The van der Waals surface area contributed by atoms with Crippen molar-refractivity contribution >= 4 is 112 Å².